The normalized spacial score (nSPS) is 14.2. The summed E-state index contributed by atoms with van der Waals surface area (Å²) in [6.07, 6.45) is 2.49. The van der Waals surface area contributed by atoms with Gasteiger partial charge in [0.15, 0.2) is 0 Å². The fraction of sp³-hybridized carbons (Fsp3) is 0.250. The minimum Gasteiger partial charge on any atom is -0.478 e. The lowest BCUT2D eigenvalue weighted by atomic mass is 9.80. The third-order valence-electron chi connectivity index (χ3n) is 6.22. The molecule has 7 heteroatoms. The third kappa shape index (κ3) is 4.89. The quantitative estimate of drug-likeness (QED) is 0.334. The molecule has 0 spiro atoms. The number of aliphatic carboxylic acids is 1. The molecule has 0 atom stereocenters. The number of oxazole rings is 1. The molecule has 0 amide bonds. The van der Waals surface area contributed by atoms with Crippen molar-refractivity contribution in [2.45, 2.75) is 38.2 Å². The summed E-state index contributed by atoms with van der Waals surface area (Å²) in [7, 11) is 0. The van der Waals surface area contributed by atoms with E-state index >= 15 is 0 Å². The van der Waals surface area contributed by atoms with Crippen molar-refractivity contribution in [1.29, 1.82) is 0 Å². The van der Waals surface area contributed by atoms with Crippen LogP contribution in [0.15, 0.2) is 77.2 Å². The van der Waals surface area contributed by atoms with Gasteiger partial charge in [0.1, 0.15) is 11.5 Å². The molecule has 1 aliphatic rings. The van der Waals surface area contributed by atoms with Crippen LogP contribution in [0.2, 0.25) is 0 Å². The fourth-order valence-corrected chi connectivity index (χ4v) is 4.07. The zero-order chi connectivity index (χ0) is 24.3. The minimum absolute atomic E-state index is 0.405. The average molecular weight is 471 g/mol. The minimum atomic E-state index is -1.11. The van der Waals surface area contributed by atoms with Crippen molar-refractivity contribution >= 4 is 5.97 Å². The number of ether oxygens (including phenoxy) is 2. The highest BCUT2D eigenvalue weighted by molar-refractivity contribution is 5.79. The predicted molar refractivity (Wildman–Crippen MR) is 130 cm³/mol. The Labute approximate surface area is 203 Å². The molecule has 0 saturated heterocycles. The van der Waals surface area contributed by atoms with Gasteiger partial charge >= 0.3 is 5.97 Å². The average Bonchev–Trinajstić information content (AvgIpc) is 3.22. The molecule has 1 aliphatic carbocycles. The van der Waals surface area contributed by atoms with Gasteiger partial charge < -0.3 is 19.0 Å². The van der Waals surface area contributed by atoms with Crippen molar-refractivity contribution < 1.29 is 23.8 Å². The smallest absolute Gasteiger partial charge is 0.348 e. The molecule has 2 heterocycles. The maximum absolute atomic E-state index is 11.6. The highest BCUT2D eigenvalue weighted by Crippen LogP contribution is 2.37. The van der Waals surface area contributed by atoms with Crippen LogP contribution in [0, 0.1) is 6.92 Å². The van der Waals surface area contributed by atoms with Crippen molar-refractivity contribution in [2.24, 2.45) is 0 Å². The van der Waals surface area contributed by atoms with E-state index < -0.39 is 11.6 Å². The summed E-state index contributed by atoms with van der Waals surface area (Å²) in [5.41, 5.74) is 2.22. The highest BCUT2D eigenvalue weighted by Gasteiger charge is 2.47. The zero-order valence-electron chi connectivity index (χ0n) is 19.4. The van der Waals surface area contributed by atoms with Gasteiger partial charge in [0.2, 0.25) is 17.4 Å². The van der Waals surface area contributed by atoms with Crippen LogP contribution in [0.5, 0.6) is 11.6 Å². The van der Waals surface area contributed by atoms with Crippen LogP contribution >= 0.6 is 0 Å². The highest BCUT2D eigenvalue weighted by atomic mass is 16.5. The molecule has 178 valence electrons. The molecule has 0 aliphatic heterocycles. The van der Waals surface area contributed by atoms with Crippen LogP contribution < -0.4 is 9.47 Å². The zero-order valence-corrected chi connectivity index (χ0v) is 19.4. The monoisotopic (exact) mass is 470 g/mol. The van der Waals surface area contributed by atoms with Gasteiger partial charge in [0.25, 0.3) is 0 Å². The van der Waals surface area contributed by atoms with E-state index in [0.29, 0.717) is 43.4 Å². The summed E-state index contributed by atoms with van der Waals surface area (Å²) in [6.45, 7) is 2.31. The van der Waals surface area contributed by atoms with Crippen LogP contribution in [0.3, 0.4) is 0 Å². The van der Waals surface area contributed by atoms with Crippen molar-refractivity contribution in [3.05, 3.63) is 84.3 Å². The number of hydrogen-bond donors (Lipinski definition) is 1. The third-order valence-corrected chi connectivity index (χ3v) is 6.22. The van der Waals surface area contributed by atoms with Crippen molar-refractivity contribution in [3.8, 4) is 34.3 Å². The van der Waals surface area contributed by atoms with Gasteiger partial charge in [0, 0.05) is 23.6 Å². The molecule has 0 radical (unpaired) electrons. The Bertz CT molecular complexity index is 1330. The van der Waals surface area contributed by atoms with Gasteiger partial charge in [-0.3, -0.25) is 0 Å². The number of nitrogens with zero attached hydrogens (tertiary/aromatic N) is 2. The standard InChI is InChI=1S/C28H26N2O5/c1-19-23(30-26(34-19)20-8-3-2-4-9-20)14-17-33-25-13-6-12-24(29-25)21-10-5-11-22(18-21)35-28(27(31)32)15-7-16-28/h2-6,8-13,18H,7,14-17H2,1H3,(H,31,32). The Balaban J connectivity index is 1.24. The summed E-state index contributed by atoms with van der Waals surface area (Å²) < 4.78 is 17.6. The Morgan fingerprint density at radius 1 is 1.00 bits per heavy atom. The Kier molecular flexibility index (Phi) is 6.23. The van der Waals surface area contributed by atoms with E-state index in [2.05, 4.69) is 9.97 Å². The van der Waals surface area contributed by atoms with Gasteiger partial charge in [-0.2, -0.15) is 0 Å². The lowest BCUT2D eigenvalue weighted by molar-refractivity contribution is -0.163. The first-order chi connectivity index (χ1) is 17.0. The van der Waals surface area contributed by atoms with Gasteiger partial charge in [-0.25, -0.2) is 14.8 Å². The number of pyridine rings is 1. The van der Waals surface area contributed by atoms with Crippen LogP contribution in [-0.2, 0) is 11.2 Å². The molecule has 0 bridgehead atoms. The van der Waals surface area contributed by atoms with E-state index in [4.69, 9.17) is 13.9 Å². The van der Waals surface area contributed by atoms with Gasteiger partial charge in [0.05, 0.1) is 18.0 Å². The number of rotatable bonds is 9. The van der Waals surface area contributed by atoms with Crippen molar-refractivity contribution in [3.63, 3.8) is 0 Å². The molecule has 35 heavy (non-hydrogen) atoms. The van der Waals surface area contributed by atoms with E-state index in [1.54, 1.807) is 6.07 Å². The molecule has 1 N–H and O–H groups in total. The van der Waals surface area contributed by atoms with Crippen LogP contribution in [0.1, 0.15) is 30.7 Å². The molecular weight excluding hydrogens is 444 g/mol. The second-order valence-corrected chi connectivity index (χ2v) is 8.63. The van der Waals surface area contributed by atoms with Gasteiger partial charge in [-0.1, -0.05) is 36.4 Å². The summed E-state index contributed by atoms with van der Waals surface area (Å²) in [5, 5.41) is 9.54. The lowest BCUT2D eigenvalue weighted by Gasteiger charge is -2.37. The molecule has 5 rings (SSSR count). The molecular formula is C28H26N2O5. The Hall–Kier alpha value is -4.13. The van der Waals surface area contributed by atoms with Crippen LogP contribution in [0.25, 0.3) is 22.7 Å². The fourth-order valence-electron chi connectivity index (χ4n) is 4.07. The molecule has 1 fully saturated rings. The van der Waals surface area contributed by atoms with Gasteiger partial charge in [-0.15, -0.1) is 0 Å². The number of hydrogen-bond acceptors (Lipinski definition) is 6. The first-order valence-corrected chi connectivity index (χ1v) is 11.7. The summed E-state index contributed by atoms with van der Waals surface area (Å²) in [5.74, 6) is 1.48. The molecule has 4 aromatic rings. The number of benzene rings is 2. The first kappa shape index (κ1) is 22.7. The first-order valence-electron chi connectivity index (χ1n) is 11.7. The summed E-state index contributed by atoms with van der Waals surface area (Å²) in [6, 6.07) is 22.7. The van der Waals surface area contributed by atoms with Gasteiger partial charge in [-0.05, 0) is 56.5 Å². The largest absolute Gasteiger partial charge is 0.478 e. The number of aromatic nitrogens is 2. The lowest BCUT2D eigenvalue weighted by Crippen LogP contribution is -2.50. The van der Waals surface area contributed by atoms with Crippen molar-refractivity contribution in [1.82, 2.24) is 9.97 Å². The topological polar surface area (TPSA) is 94.7 Å². The Morgan fingerprint density at radius 2 is 1.77 bits per heavy atom. The number of carbonyl (C=O) groups is 1. The maximum atomic E-state index is 11.6. The van der Waals surface area contributed by atoms with Crippen LogP contribution in [-0.4, -0.2) is 33.3 Å². The van der Waals surface area contributed by atoms with E-state index in [-0.39, 0.29) is 0 Å². The SMILES string of the molecule is Cc1oc(-c2ccccc2)nc1CCOc1cccc(-c2cccc(OC3(C(=O)O)CCC3)c2)n1. The molecule has 0 unspecified atom stereocenters. The van der Waals surface area contributed by atoms with Crippen LogP contribution in [0.4, 0.5) is 0 Å². The maximum Gasteiger partial charge on any atom is 0.348 e. The summed E-state index contributed by atoms with van der Waals surface area (Å²) in [4.78, 5) is 20.9. The number of carboxylic acid groups (broad SMARTS) is 1. The van der Waals surface area contributed by atoms with E-state index in [1.807, 2.05) is 73.7 Å². The number of aryl methyl sites for hydroxylation is 1. The van der Waals surface area contributed by atoms with E-state index in [9.17, 15) is 9.90 Å². The Morgan fingerprint density at radius 3 is 2.51 bits per heavy atom. The molecule has 1 saturated carbocycles. The summed E-state index contributed by atoms with van der Waals surface area (Å²) >= 11 is 0. The molecule has 7 nitrogen and oxygen atoms in total. The second-order valence-electron chi connectivity index (χ2n) is 8.63. The molecule has 2 aromatic heterocycles. The van der Waals surface area contributed by atoms with Crippen molar-refractivity contribution in [2.75, 3.05) is 6.61 Å². The van der Waals surface area contributed by atoms with E-state index in [0.717, 1.165) is 34.7 Å². The predicted octanol–water partition coefficient (Wildman–Crippen LogP) is 5.72. The van der Waals surface area contributed by atoms with E-state index in [1.165, 1.54) is 0 Å². The molecule has 2 aromatic carbocycles. The number of carboxylic acids is 1. The second kappa shape index (κ2) is 9.62.